The average molecular weight is 283 g/mol. The fraction of sp³-hybridized carbons (Fsp3) is 0.417. The maximum atomic E-state index is 8.85. The third-order valence-corrected chi connectivity index (χ3v) is 2.71. The van der Waals surface area contributed by atoms with E-state index in [0.717, 1.165) is 22.2 Å². The largest absolute Gasteiger partial charge is 0.475 e. The van der Waals surface area contributed by atoms with Crippen LogP contribution >= 0.6 is 15.9 Å². The molecule has 16 heavy (non-hydrogen) atoms. The highest BCUT2D eigenvalue weighted by atomic mass is 79.9. The summed E-state index contributed by atoms with van der Waals surface area (Å²) in [6, 6.07) is 7.87. The van der Waals surface area contributed by atoms with Crippen LogP contribution in [0.1, 0.15) is 18.9 Å². The summed E-state index contributed by atoms with van der Waals surface area (Å²) in [5.74, 6) is 0.752. The predicted octanol–water partition coefficient (Wildman–Crippen LogP) is 2.63. The van der Waals surface area contributed by atoms with Crippen molar-refractivity contribution in [3.8, 4) is 11.8 Å². The smallest absolute Gasteiger partial charge is 0.184 e. The normalized spacial score (nSPS) is 11.9. The van der Waals surface area contributed by atoms with E-state index in [1.54, 1.807) is 0 Å². The summed E-state index contributed by atoms with van der Waals surface area (Å²) in [5.41, 5.74) is 6.57. The molecule has 0 radical (unpaired) electrons. The molecule has 1 unspecified atom stereocenters. The van der Waals surface area contributed by atoms with Gasteiger partial charge in [0.05, 0.1) is 0 Å². The van der Waals surface area contributed by atoms with Gasteiger partial charge in [-0.05, 0) is 43.1 Å². The van der Waals surface area contributed by atoms with E-state index in [-0.39, 0.29) is 0 Å². The Morgan fingerprint density at radius 3 is 2.88 bits per heavy atom. The molecule has 0 fully saturated rings. The van der Waals surface area contributed by atoms with E-state index in [1.807, 2.05) is 25.1 Å². The van der Waals surface area contributed by atoms with E-state index >= 15 is 0 Å². The Labute approximate surface area is 104 Å². The Morgan fingerprint density at radius 2 is 2.31 bits per heavy atom. The molecule has 86 valence electrons. The van der Waals surface area contributed by atoms with Gasteiger partial charge in [-0.3, -0.25) is 0 Å². The summed E-state index contributed by atoms with van der Waals surface area (Å²) >= 11 is 3.41. The third kappa shape index (κ3) is 3.51. The van der Waals surface area contributed by atoms with Gasteiger partial charge < -0.3 is 10.5 Å². The first-order valence-corrected chi connectivity index (χ1v) is 6.05. The highest BCUT2D eigenvalue weighted by Crippen LogP contribution is 2.24. The lowest BCUT2D eigenvalue weighted by Crippen LogP contribution is -2.14. The first-order chi connectivity index (χ1) is 7.71. The third-order valence-electron chi connectivity index (χ3n) is 2.22. The Bertz CT molecular complexity index is 387. The molecular weight excluding hydrogens is 268 g/mol. The number of hydrogen-bond acceptors (Lipinski definition) is 3. The second kappa shape index (κ2) is 6.51. The lowest BCUT2D eigenvalue weighted by molar-refractivity contribution is 0.249. The van der Waals surface area contributed by atoms with Crippen molar-refractivity contribution in [2.24, 2.45) is 5.73 Å². The van der Waals surface area contributed by atoms with Crippen molar-refractivity contribution >= 4 is 15.9 Å². The molecule has 4 heteroatoms. The van der Waals surface area contributed by atoms with Crippen molar-refractivity contribution in [2.75, 3.05) is 6.54 Å². The fourth-order valence-electron chi connectivity index (χ4n) is 1.37. The lowest BCUT2D eigenvalue weighted by atomic mass is 10.1. The van der Waals surface area contributed by atoms with Gasteiger partial charge in [0.1, 0.15) is 11.8 Å². The lowest BCUT2D eigenvalue weighted by Gasteiger charge is -2.14. The van der Waals surface area contributed by atoms with Gasteiger partial charge in [-0.15, -0.1) is 0 Å². The van der Waals surface area contributed by atoms with Gasteiger partial charge in [-0.25, -0.2) is 0 Å². The SMILES string of the molecule is CCC(C#N)Oc1ccc(Br)cc1CCN. The molecule has 1 atom stereocenters. The minimum atomic E-state index is -0.391. The molecule has 0 aliphatic rings. The second-order valence-corrected chi connectivity index (χ2v) is 4.35. The molecule has 0 amide bonds. The van der Waals surface area contributed by atoms with Crippen LogP contribution in [0.4, 0.5) is 0 Å². The Kier molecular flexibility index (Phi) is 5.30. The van der Waals surface area contributed by atoms with E-state index in [9.17, 15) is 0 Å². The molecule has 0 heterocycles. The topological polar surface area (TPSA) is 59.0 Å². The molecule has 0 saturated heterocycles. The second-order valence-electron chi connectivity index (χ2n) is 3.43. The summed E-state index contributed by atoms with van der Waals surface area (Å²) in [6.45, 7) is 2.49. The van der Waals surface area contributed by atoms with Gasteiger partial charge in [-0.2, -0.15) is 5.26 Å². The summed E-state index contributed by atoms with van der Waals surface area (Å²) in [5, 5.41) is 8.85. The molecule has 1 aromatic carbocycles. The minimum absolute atomic E-state index is 0.391. The molecule has 1 rings (SSSR count). The zero-order chi connectivity index (χ0) is 12.0. The van der Waals surface area contributed by atoms with Gasteiger partial charge in [-0.1, -0.05) is 22.9 Å². The molecule has 0 aromatic heterocycles. The monoisotopic (exact) mass is 282 g/mol. The van der Waals surface area contributed by atoms with Crippen molar-refractivity contribution in [3.63, 3.8) is 0 Å². The number of benzene rings is 1. The minimum Gasteiger partial charge on any atom is -0.475 e. The molecule has 3 nitrogen and oxygen atoms in total. The number of nitrogens with two attached hydrogens (primary N) is 1. The van der Waals surface area contributed by atoms with Crippen LogP contribution in [0, 0.1) is 11.3 Å². The molecule has 1 aromatic rings. The highest BCUT2D eigenvalue weighted by molar-refractivity contribution is 9.10. The van der Waals surface area contributed by atoms with E-state index in [1.165, 1.54) is 0 Å². The molecule has 0 aliphatic heterocycles. The number of hydrogen-bond donors (Lipinski definition) is 1. The zero-order valence-electron chi connectivity index (χ0n) is 9.24. The Balaban J connectivity index is 2.90. The number of nitrogens with zero attached hydrogens (tertiary/aromatic N) is 1. The van der Waals surface area contributed by atoms with Gasteiger partial charge >= 0.3 is 0 Å². The highest BCUT2D eigenvalue weighted by Gasteiger charge is 2.10. The van der Waals surface area contributed by atoms with Crippen LogP contribution in [0.3, 0.4) is 0 Å². The van der Waals surface area contributed by atoms with Gasteiger partial charge in [0.25, 0.3) is 0 Å². The fourth-order valence-corrected chi connectivity index (χ4v) is 1.78. The van der Waals surface area contributed by atoms with Crippen LogP contribution < -0.4 is 10.5 Å². The van der Waals surface area contributed by atoms with Gasteiger partial charge in [0.15, 0.2) is 6.10 Å². The van der Waals surface area contributed by atoms with Crippen molar-refractivity contribution in [1.82, 2.24) is 0 Å². The van der Waals surface area contributed by atoms with Crippen LogP contribution in [0.5, 0.6) is 5.75 Å². The molecule has 0 bridgehead atoms. The number of ether oxygens (including phenoxy) is 1. The van der Waals surface area contributed by atoms with E-state index in [4.69, 9.17) is 15.7 Å². The van der Waals surface area contributed by atoms with Crippen LogP contribution in [-0.4, -0.2) is 12.6 Å². The van der Waals surface area contributed by atoms with Crippen LogP contribution in [0.15, 0.2) is 22.7 Å². The summed E-state index contributed by atoms with van der Waals surface area (Å²) in [6.07, 6.45) is 1.03. The van der Waals surface area contributed by atoms with E-state index in [0.29, 0.717) is 13.0 Å². The van der Waals surface area contributed by atoms with Crippen LogP contribution in [-0.2, 0) is 6.42 Å². The van der Waals surface area contributed by atoms with Gasteiger partial charge in [0.2, 0.25) is 0 Å². The molecule has 2 N–H and O–H groups in total. The van der Waals surface area contributed by atoms with E-state index in [2.05, 4.69) is 22.0 Å². The van der Waals surface area contributed by atoms with Crippen molar-refractivity contribution < 1.29 is 4.74 Å². The quantitative estimate of drug-likeness (QED) is 0.903. The van der Waals surface area contributed by atoms with Crippen molar-refractivity contribution in [2.45, 2.75) is 25.9 Å². The maximum Gasteiger partial charge on any atom is 0.184 e. The summed E-state index contributed by atoms with van der Waals surface area (Å²) in [4.78, 5) is 0. The first kappa shape index (κ1) is 13.0. The molecule has 0 saturated carbocycles. The Hall–Kier alpha value is -1.05. The standard InChI is InChI=1S/C12H15BrN2O/c1-2-11(8-15)16-12-4-3-10(13)7-9(12)5-6-14/h3-4,7,11H,2,5-6,14H2,1H3. The number of halogens is 1. The number of rotatable bonds is 5. The first-order valence-electron chi connectivity index (χ1n) is 5.26. The Morgan fingerprint density at radius 1 is 1.56 bits per heavy atom. The summed E-state index contributed by atoms with van der Waals surface area (Å²) in [7, 11) is 0. The van der Waals surface area contributed by atoms with Crippen LogP contribution in [0.25, 0.3) is 0 Å². The molecule has 0 aliphatic carbocycles. The van der Waals surface area contributed by atoms with Crippen LogP contribution in [0.2, 0.25) is 0 Å². The maximum absolute atomic E-state index is 8.85. The van der Waals surface area contributed by atoms with E-state index < -0.39 is 6.10 Å². The molecule has 0 spiro atoms. The zero-order valence-corrected chi connectivity index (χ0v) is 10.8. The average Bonchev–Trinajstić information content (AvgIpc) is 2.29. The van der Waals surface area contributed by atoms with Crippen molar-refractivity contribution in [3.05, 3.63) is 28.2 Å². The predicted molar refractivity (Wildman–Crippen MR) is 67.2 cm³/mol. The summed E-state index contributed by atoms with van der Waals surface area (Å²) < 4.78 is 6.61. The van der Waals surface area contributed by atoms with Crippen molar-refractivity contribution in [1.29, 1.82) is 5.26 Å². The van der Waals surface area contributed by atoms with Gasteiger partial charge in [0, 0.05) is 4.47 Å². The number of nitriles is 1. The molecular formula is C12H15BrN2O.